The number of carboxylic acids is 1. The summed E-state index contributed by atoms with van der Waals surface area (Å²) >= 11 is 0. The normalized spacial score (nSPS) is 9.95. The molecule has 0 saturated heterocycles. The van der Waals surface area contributed by atoms with Crippen LogP contribution in [0.1, 0.15) is 30.1 Å². The molecule has 0 radical (unpaired) electrons. The first kappa shape index (κ1) is 16.3. The number of carbonyl (C=O) groups excluding carboxylic acids is 1. The van der Waals surface area contributed by atoms with Crippen molar-refractivity contribution in [2.45, 2.75) is 19.8 Å². The Kier molecular flexibility index (Phi) is 6.05. The van der Waals surface area contributed by atoms with Crippen molar-refractivity contribution in [2.24, 2.45) is 0 Å². The van der Waals surface area contributed by atoms with Gasteiger partial charge >= 0.3 is 11.7 Å². The van der Waals surface area contributed by atoms with Crippen molar-refractivity contribution in [3.63, 3.8) is 0 Å². The summed E-state index contributed by atoms with van der Waals surface area (Å²) in [6, 6.07) is 1.07. The van der Waals surface area contributed by atoms with E-state index >= 15 is 0 Å². The summed E-state index contributed by atoms with van der Waals surface area (Å²) in [5.41, 5.74) is -1.03. The quantitative estimate of drug-likeness (QED) is 0.481. The number of hydrogen-bond donors (Lipinski definition) is 3. The van der Waals surface area contributed by atoms with Crippen molar-refractivity contribution in [2.75, 3.05) is 18.4 Å². The molecule has 0 fully saturated rings. The number of aromatic carboxylic acids is 1. The molecule has 0 atom stereocenters. The van der Waals surface area contributed by atoms with Crippen LogP contribution in [0.2, 0.25) is 0 Å². The fourth-order valence-electron chi connectivity index (χ4n) is 1.52. The van der Waals surface area contributed by atoms with Gasteiger partial charge in [0.15, 0.2) is 0 Å². The van der Waals surface area contributed by atoms with Gasteiger partial charge in [0, 0.05) is 25.6 Å². The van der Waals surface area contributed by atoms with Crippen molar-refractivity contribution in [3.8, 4) is 0 Å². The third-order valence-corrected chi connectivity index (χ3v) is 2.54. The largest absolute Gasteiger partial charge is 0.477 e. The second-order valence-electron chi connectivity index (χ2n) is 4.18. The number of amides is 1. The zero-order valence-electron chi connectivity index (χ0n) is 11.5. The summed E-state index contributed by atoms with van der Waals surface area (Å²) < 4.78 is 0. The molecule has 1 aromatic heterocycles. The molecule has 1 heterocycles. The molecule has 0 aliphatic heterocycles. The number of rotatable bonds is 8. The fourth-order valence-corrected chi connectivity index (χ4v) is 1.52. The van der Waals surface area contributed by atoms with E-state index in [1.165, 1.54) is 0 Å². The Balaban J connectivity index is 2.64. The van der Waals surface area contributed by atoms with Gasteiger partial charge in [0.05, 0.1) is 4.92 Å². The van der Waals surface area contributed by atoms with Crippen LogP contribution in [0.25, 0.3) is 0 Å². The van der Waals surface area contributed by atoms with E-state index < -0.39 is 22.1 Å². The number of pyridine rings is 1. The lowest BCUT2D eigenvalue weighted by atomic mass is 10.2. The fraction of sp³-hybridized carbons (Fsp3) is 0.417. The number of aromatic nitrogens is 1. The Morgan fingerprint density at radius 2 is 2.14 bits per heavy atom. The van der Waals surface area contributed by atoms with Crippen LogP contribution in [0.5, 0.6) is 0 Å². The maximum absolute atomic E-state index is 11.4. The van der Waals surface area contributed by atoms with Crippen LogP contribution in [-0.2, 0) is 4.79 Å². The van der Waals surface area contributed by atoms with Crippen LogP contribution in [0.3, 0.4) is 0 Å². The predicted molar refractivity (Wildman–Crippen MR) is 74.3 cm³/mol. The van der Waals surface area contributed by atoms with Crippen molar-refractivity contribution in [1.82, 2.24) is 10.3 Å². The minimum Gasteiger partial charge on any atom is -0.477 e. The van der Waals surface area contributed by atoms with Crippen molar-refractivity contribution in [1.29, 1.82) is 0 Å². The van der Waals surface area contributed by atoms with Crippen LogP contribution < -0.4 is 10.6 Å². The molecule has 9 nitrogen and oxygen atoms in total. The van der Waals surface area contributed by atoms with E-state index in [1.807, 2.05) is 6.92 Å². The second kappa shape index (κ2) is 7.78. The van der Waals surface area contributed by atoms with Crippen molar-refractivity contribution in [3.05, 3.63) is 27.9 Å². The summed E-state index contributed by atoms with van der Waals surface area (Å²) in [6.07, 6.45) is 1.91. The van der Waals surface area contributed by atoms with Gasteiger partial charge in [-0.2, -0.15) is 0 Å². The summed E-state index contributed by atoms with van der Waals surface area (Å²) in [7, 11) is 0. The average molecular weight is 296 g/mol. The van der Waals surface area contributed by atoms with Crippen LogP contribution in [0.4, 0.5) is 11.5 Å². The average Bonchev–Trinajstić information content (AvgIpc) is 2.44. The Labute approximate surface area is 120 Å². The molecule has 1 amide bonds. The maximum Gasteiger partial charge on any atom is 0.342 e. The van der Waals surface area contributed by atoms with Gasteiger partial charge in [-0.15, -0.1) is 0 Å². The maximum atomic E-state index is 11.4. The molecule has 21 heavy (non-hydrogen) atoms. The van der Waals surface area contributed by atoms with Crippen LogP contribution in [0, 0.1) is 10.1 Å². The van der Waals surface area contributed by atoms with Crippen LogP contribution >= 0.6 is 0 Å². The lowest BCUT2D eigenvalue weighted by Crippen LogP contribution is -2.26. The zero-order valence-corrected chi connectivity index (χ0v) is 11.5. The molecule has 9 heteroatoms. The first-order valence-electron chi connectivity index (χ1n) is 6.34. The van der Waals surface area contributed by atoms with Gasteiger partial charge in [0.25, 0.3) is 0 Å². The molecule has 1 rings (SSSR count). The molecule has 0 aliphatic carbocycles. The molecular formula is C12H16N4O5. The van der Waals surface area contributed by atoms with Crippen molar-refractivity contribution < 1.29 is 19.6 Å². The monoisotopic (exact) mass is 296 g/mol. The number of carbonyl (C=O) groups is 2. The molecule has 0 spiro atoms. The van der Waals surface area contributed by atoms with E-state index in [-0.39, 0.29) is 24.7 Å². The number of nitro groups is 1. The number of anilines is 1. The molecule has 1 aromatic rings. The third-order valence-electron chi connectivity index (χ3n) is 2.54. The Morgan fingerprint density at radius 1 is 1.43 bits per heavy atom. The van der Waals surface area contributed by atoms with Gasteiger partial charge in [-0.05, 0) is 6.42 Å². The summed E-state index contributed by atoms with van der Waals surface area (Å²) in [6.45, 7) is 2.78. The smallest absolute Gasteiger partial charge is 0.342 e. The number of nitrogens with one attached hydrogen (secondary N) is 2. The van der Waals surface area contributed by atoms with E-state index in [4.69, 9.17) is 5.11 Å². The number of hydrogen-bond acceptors (Lipinski definition) is 6. The van der Waals surface area contributed by atoms with Crippen molar-refractivity contribution >= 4 is 23.4 Å². The van der Waals surface area contributed by atoms with E-state index in [0.717, 1.165) is 18.7 Å². The summed E-state index contributed by atoms with van der Waals surface area (Å²) in [5, 5.41) is 25.0. The van der Waals surface area contributed by atoms with E-state index in [0.29, 0.717) is 6.54 Å². The Hall–Kier alpha value is -2.71. The minimum absolute atomic E-state index is 0.135. The predicted octanol–water partition coefficient (Wildman–Crippen LogP) is 1.02. The molecule has 114 valence electrons. The Bertz CT molecular complexity index is 546. The lowest BCUT2D eigenvalue weighted by Gasteiger charge is -2.07. The van der Waals surface area contributed by atoms with E-state index in [9.17, 15) is 19.7 Å². The molecule has 0 unspecified atom stereocenters. The topological polar surface area (TPSA) is 134 Å². The van der Waals surface area contributed by atoms with Gasteiger partial charge in [-0.1, -0.05) is 6.92 Å². The molecule has 0 bridgehead atoms. The molecule has 0 aromatic carbocycles. The zero-order chi connectivity index (χ0) is 15.8. The first-order valence-corrected chi connectivity index (χ1v) is 6.34. The van der Waals surface area contributed by atoms with Gasteiger partial charge in [-0.3, -0.25) is 14.9 Å². The molecule has 3 N–H and O–H groups in total. The molecule has 0 saturated carbocycles. The van der Waals surface area contributed by atoms with Crippen LogP contribution in [-0.4, -0.2) is 40.0 Å². The van der Waals surface area contributed by atoms with Crippen LogP contribution in [0.15, 0.2) is 12.3 Å². The first-order chi connectivity index (χ1) is 9.95. The standard InChI is InChI=1S/C12H16N4O5/c1-2-4-14-11(17)3-5-13-10-6-8(12(18)19)9(7-15-10)16(20)21/h6-7H,2-5H2,1H3,(H,13,15)(H,14,17)(H,18,19). The number of nitrogens with zero attached hydrogens (tertiary/aromatic N) is 2. The third kappa shape index (κ3) is 5.05. The molecule has 0 aliphatic rings. The highest BCUT2D eigenvalue weighted by Gasteiger charge is 2.20. The highest BCUT2D eigenvalue weighted by Crippen LogP contribution is 2.20. The SMILES string of the molecule is CCCNC(=O)CCNc1cc(C(=O)O)c([N+](=O)[O-])cn1. The van der Waals surface area contributed by atoms with Gasteiger partial charge in [0.1, 0.15) is 17.6 Å². The highest BCUT2D eigenvalue weighted by molar-refractivity contribution is 5.93. The van der Waals surface area contributed by atoms with Gasteiger partial charge in [0.2, 0.25) is 5.91 Å². The number of carboxylic acid groups (broad SMARTS) is 1. The highest BCUT2D eigenvalue weighted by atomic mass is 16.6. The minimum atomic E-state index is -1.41. The lowest BCUT2D eigenvalue weighted by molar-refractivity contribution is -0.385. The van der Waals surface area contributed by atoms with Gasteiger partial charge in [-0.25, -0.2) is 9.78 Å². The summed E-state index contributed by atoms with van der Waals surface area (Å²) in [5.74, 6) is -1.38. The summed E-state index contributed by atoms with van der Waals surface area (Å²) in [4.78, 5) is 35.9. The van der Waals surface area contributed by atoms with E-state index in [1.54, 1.807) is 0 Å². The van der Waals surface area contributed by atoms with E-state index in [2.05, 4.69) is 15.6 Å². The second-order valence-corrected chi connectivity index (χ2v) is 4.18. The van der Waals surface area contributed by atoms with Gasteiger partial charge < -0.3 is 15.7 Å². The Morgan fingerprint density at radius 3 is 2.71 bits per heavy atom. The molecular weight excluding hydrogens is 280 g/mol.